The normalized spacial score (nSPS) is 11.4. The van der Waals surface area contributed by atoms with E-state index in [-0.39, 0.29) is 17.8 Å². The summed E-state index contributed by atoms with van der Waals surface area (Å²) in [5.41, 5.74) is 6.36. The lowest BCUT2D eigenvalue weighted by Gasteiger charge is -2.16. The minimum atomic E-state index is -0.428. The summed E-state index contributed by atoms with van der Waals surface area (Å²) < 4.78 is 11.2. The lowest BCUT2D eigenvalue weighted by molar-refractivity contribution is -0.123. The average molecular weight is 444 g/mol. The van der Waals surface area contributed by atoms with E-state index in [9.17, 15) is 9.59 Å². The minimum absolute atomic E-state index is 0.00404. The van der Waals surface area contributed by atoms with E-state index in [1.807, 2.05) is 38.1 Å². The van der Waals surface area contributed by atoms with Gasteiger partial charge in [-0.1, -0.05) is 38.1 Å². The van der Waals surface area contributed by atoms with Crippen LogP contribution in [0.5, 0.6) is 11.5 Å². The van der Waals surface area contributed by atoms with E-state index in [0.29, 0.717) is 23.0 Å². The first-order valence-corrected chi connectivity index (χ1v) is 10.6. The summed E-state index contributed by atoms with van der Waals surface area (Å²) in [4.78, 5) is 24.4. The van der Waals surface area contributed by atoms with Crippen molar-refractivity contribution in [1.29, 1.82) is 0 Å². The van der Waals surface area contributed by atoms with Crippen molar-refractivity contribution in [3.8, 4) is 11.5 Å². The van der Waals surface area contributed by atoms with Gasteiger partial charge in [0, 0.05) is 5.56 Å². The molecule has 166 valence electrons. The smallest absolute Gasteiger partial charge is 0.276 e. The van der Waals surface area contributed by atoms with Crippen LogP contribution in [0.4, 0.5) is 0 Å². The minimum Gasteiger partial charge on any atom is -0.491 e. The van der Waals surface area contributed by atoms with Gasteiger partial charge in [-0.3, -0.25) is 25.8 Å². The molecule has 1 atom stereocenters. The number of hydrogen-bond acceptors (Lipinski definition) is 5. The zero-order chi connectivity index (χ0) is 22.8. The second-order valence-corrected chi connectivity index (χ2v) is 7.69. The summed E-state index contributed by atoms with van der Waals surface area (Å²) in [6, 6.07) is 14.4. The second kappa shape index (κ2) is 11.9. The Labute approximate surface area is 188 Å². The Morgan fingerprint density at radius 1 is 1.03 bits per heavy atom. The molecule has 2 amide bonds. The highest BCUT2D eigenvalue weighted by atomic mass is 32.1. The van der Waals surface area contributed by atoms with Crippen molar-refractivity contribution in [2.24, 2.45) is 0 Å². The van der Waals surface area contributed by atoms with Crippen LogP contribution in [0.1, 0.15) is 56.0 Å². The monoisotopic (exact) mass is 443 g/mol. The number of ether oxygens (including phenoxy) is 2. The molecule has 0 radical (unpaired) electrons. The van der Waals surface area contributed by atoms with Crippen molar-refractivity contribution < 1.29 is 19.1 Å². The first kappa shape index (κ1) is 24.1. The number of hydrogen-bond donors (Lipinski definition) is 3. The number of nitrogens with one attached hydrogen (secondary N) is 3. The summed E-state index contributed by atoms with van der Waals surface area (Å²) in [7, 11) is 0. The molecule has 3 N–H and O–H groups in total. The molecule has 0 aliphatic rings. The summed E-state index contributed by atoms with van der Waals surface area (Å²) in [6.45, 7) is 7.82. The molecule has 0 fully saturated rings. The lowest BCUT2D eigenvalue weighted by atomic mass is 9.98. The highest BCUT2D eigenvalue weighted by Gasteiger charge is 2.12. The van der Waals surface area contributed by atoms with Crippen LogP contribution < -0.4 is 25.6 Å². The molecule has 0 aliphatic heterocycles. The number of benzene rings is 2. The number of carbonyl (C=O) groups excluding carboxylic acids is 2. The van der Waals surface area contributed by atoms with Crippen LogP contribution in [0, 0.1) is 0 Å². The lowest BCUT2D eigenvalue weighted by Crippen LogP contribution is -2.49. The Balaban J connectivity index is 1.81. The topological polar surface area (TPSA) is 88.7 Å². The van der Waals surface area contributed by atoms with Crippen LogP contribution >= 0.6 is 12.2 Å². The van der Waals surface area contributed by atoms with Gasteiger partial charge in [-0.25, -0.2) is 0 Å². The summed E-state index contributed by atoms with van der Waals surface area (Å²) in [5, 5.41) is 2.47. The van der Waals surface area contributed by atoms with Gasteiger partial charge < -0.3 is 9.47 Å². The molecular formula is C23H29N3O4S. The van der Waals surface area contributed by atoms with Gasteiger partial charge >= 0.3 is 0 Å². The quantitative estimate of drug-likeness (QED) is 0.426. The van der Waals surface area contributed by atoms with Crippen molar-refractivity contribution in [1.82, 2.24) is 16.2 Å². The van der Waals surface area contributed by atoms with Crippen LogP contribution in [-0.2, 0) is 4.79 Å². The molecule has 0 heterocycles. The van der Waals surface area contributed by atoms with Crippen molar-refractivity contribution >= 4 is 29.1 Å². The molecule has 0 spiro atoms. The van der Waals surface area contributed by atoms with Crippen LogP contribution in [0.3, 0.4) is 0 Å². The molecule has 0 saturated carbocycles. The van der Waals surface area contributed by atoms with E-state index >= 15 is 0 Å². The Bertz CT molecular complexity index is 917. The molecule has 7 nitrogen and oxygen atoms in total. The first-order valence-electron chi connectivity index (χ1n) is 10.2. The van der Waals surface area contributed by atoms with Gasteiger partial charge in [0.2, 0.25) is 0 Å². The third kappa shape index (κ3) is 7.90. The number of amides is 2. The molecule has 2 aromatic carbocycles. The fourth-order valence-corrected chi connectivity index (χ4v) is 2.88. The largest absolute Gasteiger partial charge is 0.491 e. The molecule has 0 aromatic heterocycles. The van der Waals surface area contributed by atoms with Gasteiger partial charge in [0.05, 0.1) is 6.10 Å². The Hall–Kier alpha value is -3.13. The standard InChI is InChI=1S/C23H29N3O4S/c1-5-16(4)19-11-6-7-12-20(19)29-14-21(27)25-26-23(31)24-22(28)17-9-8-10-18(13-17)30-15(2)3/h6-13,15-16H,5,14H2,1-4H3,(H,25,27)(H2,24,26,28,31). The number of carbonyl (C=O) groups is 2. The number of para-hydroxylation sites is 1. The molecule has 8 heteroatoms. The molecule has 2 rings (SSSR count). The zero-order valence-corrected chi connectivity index (χ0v) is 19.0. The fraction of sp³-hybridized carbons (Fsp3) is 0.348. The molecule has 0 saturated heterocycles. The maximum absolute atomic E-state index is 12.3. The Morgan fingerprint density at radius 2 is 1.77 bits per heavy atom. The number of rotatable bonds is 8. The molecule has 2 aromatic rings. The van der Waals surface area contributed by atoms with Crippen LogP contribution in [0.2, 0.25) is 0 Å². The van der Waals surface area contributed by atoms with E-state index < -0.39 is 11.8 Å². The van der Waals surface area contributed by atoms with Crippen molar-refractivity contribution in [2.75, 3.05) is 6.61 Å². The highest BCUT2D eigenvalue weighted by molar-refractivity contribution is 7.80. The third-order valence-corrected chi connectivity index (χ3v) is 4.64. The van der Waals surface area contributed by atoms with E-state index in [4.69, 9.17) is 21.7 Å². The van der Waals surface area contributed by atoms with E-state index in [0.717, 1.165) is 12.0 Å². The van der Waals surface area contributed by atoms with Crippen LogP contribution in [0.25, 0.3) is 0 Å². The fourth-order valence-electron chi connectivity index (χ4n) is 2.73. The summed E-state index contributed by atoms with van der Waals surface area (Å²) in [5.74, 6) is 0.739. The predicted molar refractivity (Wildman–Crippen MR) is 124 cm³/mol. The van der Waals surface area contributed by atoms with Gasteiger partial charge in [-0.05, 0) is 68.2 Å². The zero-order valence-electron chi connectivity index (χ0n) is 18.2. The molecule has 31 heavy (non-hydrogen) atoms. The van der Waals surface area contributed by atoms with Crippen molar-refractivity contribution in [3.05, 3.63) is 59.7 Å². The van der Waals surface area contributed by atoms with Gasteiger partial charge in [-0.2, -0.15) is 0 Å². The Morgan fingerprint density at radius 3 is 2.48 bits per heavy atom. The predicted octanol–water partition coefficient (Wildman–Crippen LogP) is 3.70. The van der Waals surface area contributed by atoms with Crippen molar-refractivity contribution in [3.63, 3.8) is 0 Å². The Kier molecular flexibility index (Phi) is 9.27. The third-order valence-electron chi connectivity index (χ3n) is 4.43. The molecule has 0 bridgehead atoms. The maximum Gasteiger partial charge on any atom is 0.276 e. The van der Waals surface area contributed by atoms with Crippen molar-refractivity contribution in [2.45, 2.75) is 46.1 Å². The van der Waals surface area contributed by atoms with Gasteiger partial charge in [0.25, 0.3) is 11.8 Å². The van der Waals surface area contributed by atoms with Crippen LogP contribution in [0.15, 0.2) is 48.5 Å². The molecule has 1 unspecified atom stereocenters. The van der Waals surface area contributed by atoms with Gasteiger partial charge in [0.15, 0.2) is 11.7 Å². The summed E-state index contributed by atoms with van der Waals surface area (Å²) >= 11 is 5.07. The number of hydrazine groups is 1. The van der Waals surface area contributed by atoms with E-state index in [1.165, 1.54) is 0 Å². The van der Waals surface area contributed by atoms with E-state index in [1.54, 1.807) is 24.3 Å². The molecular weight excluding hydrogens is 414 g/mol. The van der Waals surface area contributed by atoms with Gasteiger partial charge in [0.1, 0.15) is 11.5 Å². The number of thiocarbonyl (C=S) groups is 1. The van der Waals surface area contributed by atoms with E-state index in [2.05, 4.69) is 30.0 Å². The van der Waals surface area contributed by atoms with Gasteiger partial charge in [-0.15, -0.1) is 0 Å². The highest BCUT2D eigenvalue weighted by Crippen LogP contribution is 2.28. The SMILES string of the molecule is CCC(C)c1ccccc1OCC(=O)NNC(=S)NC(=O)c1cccc(OC(C)C)c1. The second-order valence-electron chi connectivity index (χ2n) is 7.29. The first-order chi connectivity index (χ1) is 14.8. The average Bonchev–Trinajstić information content (AvgIpc) is 2.75. The summed E-state index contributed by atoms with van der Waals surface area (Å²) in [6.07, 6.45) is 0.963. The molecule has 0 aliphatic carbocycles. The maximum atomic E-state index is 12.3. The van der Waals surface area contributed by atoms with Crippen LogP contribution in [-0.4, -0.2) is 29.6 Å².